The first-order chi connectivity index (χ1) is 11.5. The summed E-state index contributed by atoms with van der Waals surface area (Å²) in [4.78, 5) is 12.3. The molecule has 0 saturated heterocycles. The van der Waals surface area contributed by atoms with Crippen molar-refractivity contribution in [3.05, 3.63) is 59.4 Å². The first kappa shape index (κ1) is 17.9. The molecule has 0 aromatic heterocycles. The SMILES string of the molecule is COc1ccc(C(=O)Nc2ccc(F)cc2)cc1COCC(C)C. The molecule has 0 aliphatic carbocycles. The van der Waals surface area contributed by atoms with E-state index in [4.69, 9.17) is 9.47 Å². The van der Waals surface area contributed by atoms with E-state index in [9.17, 15) is 9.18 Å². The third-order valence-electron chi connectivity index (χ3n) is 3.35. The van der Waals surface area contributed by atoms with Gasteiger partial charge in [-0.25, -0.2) is 4.39 Å². The van der Waals surface area contributed by atoms with Gasteiger partial charge in [0.15, 0.2) is 0 Å². The van der Waals surface area contributed by atoms with Crippen molar-refractivity contribution in [3.8, 4) is 5.75 Å². The van der Waals surface area contributed by atoms with Crippen LogP contribution in [0.3, 0.4) is 0 Å². The molecule has 0 aliphatic rings. The summed E-state index contributed by atoms with van der Waals surface area (Å²) in [7, 11) is 1.58. The van der Waals surface area contributed by atoms with Gasteiger partial charge in [-0.05, 0) is 48.4 Å². The first-order valence-electron chi connectivity index (χ1n) is 7.81. The van der Waals surface area contributed by atoms with Gasteiger partial charge in [-0.1, -0.05) is 13.8 Å². The second-order valence-corrected chi connectivity index (χ2v) is 5.90. The summed E-state index contributed by atoms with van der Waals surface area (Å²) < 4.78 is 23.9. The fourth-order valence-electron chi connectivity index (χ4n) is 2.17. The number of nitrogens with one attached hydrogen (secondary N) is 1. The van der Waals surface area contributed by atoms with Crippen LogP contribution in [0.25, 0.3) is 0 Å². The lowest BCUT2D eigenvalue weighted by atomic mass is 10.1. The number of carbonyl (C=O) groups is 1. The molecule has 1 amide bonds. The largest absolute Gasteiger partial charge is 0.496 e. The third-order valence-corrected chi connectivity index (χ3v) is 3.35. The number of halogens is 1. The highest BCUT2D eigenvalue weighted by atomic mass is 19.1. The van der Waals surface area contributed by atoms with E-state index < -0.39 is 0 Å². The second kappa shape index (κ2) is 8.45. The van der Waals surface area contributed by atoms with Gasteiger partial charge in [-0.3, -0.25) is 4.79 Å². The van der Waals surface area contributed by atoms with Crippen molar-refractivity contribution in [2.24, 2.45) is 5.92 Å². The molecule has 1 N–H and O–H groups in total. The molecule has 128 valence electrons. The van der Waals surface area contributed by atoms with E-state index in [2.05, 4.69) is 19.2 Å². The van der Waals surface area contributed by atoms with Crippen molar-refractivity contribution < 1.29 is 18.7 Å². The Balaban J connectivity index is 2.11. The molecule has 4 nitrogen and oxygen atoms in total. The average Bonchev–Trinajstić information content (AvgIpc) is 2.56. The normalized spacial score (nSPS) is 10.7. The fourth-order valence-corrected chi connectivity index (χ4v) is 2.17. The van der Waals surface area contributed by atoms with Crippen LogP contribution in [0, 0.1) is 11.7 Å². The van der Waals surface area contributed by atoms with Crippen LogP contribution in [-0.2, 0) is 11.3 Å². The lowest BCUT2D eigenvalue weighted by molar-refractivity contribution is 0.0952. The minimum absolute atomic E-state index is 0.269. The lowest BCUT2D eigenvalue weighted by Gasteiger charge is -2.12. The van der Waals surface area contributed by atoms with Gasteiger partial charge in [0, 0.05) is 23.4 Å². The van der Waals surface area contributed by atoms with Crippen molar-refractivity contribution in [2.75, 3.05) is 19.0 Å². The molecule has 2 aromatic carbocycles. The Morgan fingerprint density at radius 1 is 1.17 bits per heavy atom. The molecule has 0 fully saturated rings. The maximum atomic E-state index is 12.9. The molecule has 0 atom stereocenters. The molecule has 0 radical (unpaired) electrons. The number of methoxy groups -OCH3 is 1. The van der Waals surface area contributed by atoms with Gasteiger partial charge in [-0.15, -0.1) is 0 Å². The van der Waals surface area contributed by atoms with Gasteiger partial charge in [0.2, 0.25) is 0 Å². The highest BCUT2D eigenvalue weighted by Gasteiger charge is 2.11. The van der Waals surface area contributed by atoms with Crippen LogP contribution in [0.4, 0.5) is 10.1 Å². The molecule has 0 spiro atoms. The van der Waals surface area contributed by atoms with Crippen LogP contribution in [0.15, 0.2) is 42.5 Å². The van der Waals surface area contributed by atoms with Crippen molar-refractivity contribution >= 4 is 11.6 Å². The van der Waals surface area contributed by atoms with Gasteiger partial charge in [0.25, 0.3) is 5.91 Å². The number of benzene rings is 2. The molecule has 0 aliphatic heterocycles. The summed E-state index contributed by atoms with van der Waals surface area (Å²) in [5.74, 6) is 0.495. The molecule has 0 unspecified atom stereocenters. The van der Waals surface area contributed by atoms with Crippen molar-refractivity contribution in [2.45, 2.75) is 20.5 Å². The fraction of sp³-hybridized carbons (Fsp3) is 0.316. The van der Waals surface area contributed by atoms with Crippen molar-refractivity contribution in [1.29, 1.82) is 0 Å². The predicted molar refractivity (Wildman–Crippen MR) is 91.8 cm³/mol. The molecule has 0 saturated carbocycles. The molecular weight excluding hydrogens is 309 g/mol. The van der Waals surface area contributed by atoms with Crippen LogP contribution in [0.1, 0.15) is 29.8 Å². The van der Waals surface area contributed by atoms with Gasteiger partial charge in [0.1, 0.15) is 11.6 Å². The number of ether oxygens (including phenoxy) is 2. The van der Waals surface area contributed by atoms with Gasteiger partial charge < -0.3 is 14.8 Å². The topological polar surface area (TPSA) is 47.6 Å². The smallest absolute Gasteiger partial charge is 0.255 e. The van der Waals surface area contributed by atoms with Crippen LogP contribution < -0.4 is 10.1 Å². The highest BCUT2D eigenvalue weighted by molar-refractivity contribution is 6.04. The monoisotopic (exact) mass is 331 g/mol. The van der Waals surface area contributed by atoms with Crippen molar-refractivity contribution in [3.63, 3.8) is 0 Å². The van der Waals surface area contributed by atoms with Gasteiger partial charge in [0.05, 0.1) is 13.7 Å². The Kier molecular flexibility index (Phi) is 6.32. The number of amides is 1. The summed E-state index contributed by atoms with van der Waals surface area (Å²) >= 11 is 0. The Hall–Kier alpha value is -2.40. The van der Waals surface area contributed by atoms with E-state index in [-0.39, 0.29) is 11.7 Å². The Bertz CT molecular complexity index is 684. The quantitative estimate of drug-likeness (QED) is 0.825. The number of carbonyl (C=O) groups excluding carboxylic acids is 1. The van der Waals surface area contributed by atoms with Crippen LogP contribution in [0.2, 0.25) is 0 Å². The van der Waals surface area contributed by atoms with E-state index in [0.29, 0.717) is 36.1 Å². The van der Waals surface area contributed by atoms with E-state index in [1.165, 1.54) is 24.3 Å². The summed E-state index contributed by atoms with van der Waals surface area (Å²) in [5.41, 5.74) is 1.84. The zero-order valence-corrected chi connectivity index (χ0v) is 14.1. The van der Waals surface area contributed by atoms with Crippen LogP contribution in [0.5, 0.6) is 5.75 Å². The minimum atomic E-state index is -0.345. The minimum Gasteiger partial charge on any atom is -0.496 e. The molecular formula is C19H22FNO3. The van der Waals surface area contributed by atoms with Gasteiger partial charge >= 0.3 is 0 Å². The summed E-state index contributed by atoms with van der Waals surface area (Å²) in [6.07, 6.45) is 0. The predicted octanol–water partition coefficient (Wildman–Crippen LogP) is 4.26. The molecule has 2 aromatic rings. The Morgan fingerprint density at radius 3 is 2.50 bits per heavy atom. The number of hydrogen-bond donors (Lipinski definition) is 1. The Labute approximate surface area is 141 Å². The molecule has 0 heterocycles. The summed E-state index contributed by atoms with van der Waals surface area (Å²) in [6, 6.07) is 10.8. The number of hydrogen-bond acceptors (Lipinski definition) is 3. The van der Waals surface area contributed by atoms with E-state index >= 15 is 0 Å². The lowest BCUT2D eigenvalue weighted by Crippen LogP contribution is -2.13. The zero-order valence-electron chi connectivity index (χ0n) is 14.1. The molecule has 24 heavy (non-hydrogen) atoms. The summed E-state index contributed by atoms with van der Waals surface area (Å²) in [5, 5.41) is 2.74. The van der Waals surface area contributed by atoms with E-state index in [1.807, 2.05) is 0 Å². The van der Waals surface area contributed by atoms with E-state index in [0.717, 1.165) is 5.56 Å². The first-order valence-corrected chi connectivity index (χ1v) is 7.81. The standard InChI is InChI=1S/C19H22FNO3/c1-13(2)11-24-12-15-10-14(4-9-18(15)23-3)19(22)21-17-7-5-16(20)6-8-17/h4-10,13H,11-12H2,1-3H3,(H,21,22). The maximum absolute atomic E-state index is 12.9. The van der Waals surface area contributed by atoms with Crippen molar-refractivity contribution in [1.82, 2.24) is 0 Å². The molecule has 2 rings (SSSR count). The Morgan fingerprint density at radius 2 is 1.88 bits per heavy atom. The van der Waals surface area contributed by atoms with Crippen LogP contribution in [-0.4, -0.2) is 19.6 Å². The zero-order chi connectivity index (χ0) is 17.5. The maximum Gasteiger partial charge on any atom is 0.255 e. The van der Waals surface area contributed by atoms with Crippen LogP contribution >= 0.6 is 0 Å². The average molecular weight is 331 g/mol. The van der Waals surface area contributed by atoms with E-state index in [1.54, 1.807) is 25.3 Å². The summed E-state index contributed by atoms with van der Waals surface area (Å²) in [6.45, 7) is 5.15. The highest BCUT2D eigenvalue weighted by Crippen LogP contribution is 2.22. The van der Waals surface area contributed by atoms with Gasteiger partial charge in [-0.2, -0.15) is 0 Å². The molecule has 0 bridgehead atoms. The second-order valence-electron chi connectivity index (χ2n) is 5.90. The number of anilines is 1. The molecule has 5 heteroatoms. The third kappa shape index (κ3) is 5.06. The number of rotatable bonds is 7.